The molecule has 2 aromatic rings. The number of hydrogen-bond acceptors (Lipinski definition) is 3. The van der Waals surface area contributed by atoms with E-state index in [-0.39, 0.29) is 5.91 Å². The Kier molecular flexibility index (Phi) is 3.34. The van der Waals surface area contributed by atoms with Crippen molar-refractivity contribution in [1.29, 1.82) is 0 Å². The average molecular weight is 272 g/mol. The van der Waals surface area contributed by atoms with Gasteiger partial charge in [0.15, 0.2) is 0 Å². The molecule has 1 fully saturated rings. The van der Waals surface area contributed by atoms with Crippen molar-refractivity contribution in [3.05, 3.63) is 23.8 Å². The lowest BCUT2D eigenvalue weighted by atomic mass is 10.2. The number of nitrogens with zero attached hydrogens (tertiary/aromatic N) is 3. The molecule has 2 N–H and O–H groups in total. The maximum absolute atomic E-state index is 12.1. The topological polar surface area (TPSA) is 64.1 Å². The Balaban J connectivity index is 1.80. The van der Waals surface area contributed by atoms with Gasteiger partial charge in [-0.05, 0) is 31.4 Å². The van der Waals surface area contributed by atoms with Gasteiger partial charge < -0.3 is 15.2 Å². The summed E-state index contributed by atoms with van der Waals surface area (Å²) >= 11 is 0. The van der Waals surface area contributed by atoms with Gasteiger partial charge in [0, 0.05) is 26.1 Å². The molecule has 5 heteroatoms. The van der Waals surface area contributed by atoms with Crippen molar-refractivity contribution in [2.75, 3.05) is 18.8 Å². The Morgan fingerprint density at radius 1 is 1.35 bits per heavy atom. The van der Waals surface area contributed by atoms with Crippen LogP contribution in [-0.4, -0.2) is 33.4 Å². The summed E-state index contributed by atoms with van der Waals surface area (Å²) in [6.45, 7) is 4.45. The number of hydrogen-bond donors (Lipinski definition) is 1. The van der Waals surface area contributed by atoms with Gasteiger partial charge in [-0.15, -0.1) is 0 Å². The zero-order valence-corrected chi connectivity index (χ0v) is 11.8. The minimum atomic E-state index is 0.220. The number of rotatable bonds is 3. The van der Waals surface area contributed by atoms with Crippen LogP contribution in [-0.2, 0) is 11.3 Å². The summed E-state index contributed by atoms with van der Waals surface area (Å²) < 4.78 is 1.96. The maximum Gasteiger partial charge on any atom is 0.224 e. The van der Waals surface area contributed by atoms with Gasteiger partial charge in [-0.1, -0.05) is 12.1 Å². The molecule has 1 aromatic carbocycles. The molecule has 0 atom stereocenters. The predicted molar refractivity (Wildman–Crippen MR) is 79.3 cm³/mol. The van der Waals surface area contributed by atoms with E-state index in [0.717, 1.165) is 42.5 Å². The smallest absolute Gasteiger partial charge is 0.224 e. The Morgan fingerprint density at radius 2 is 2.10 bits per heavy atom. The van der Waals surface area contributed by atoms with E-state index in [2.05, 4.69) is 4.98 Å². The van der Waals surface area contributed by atoms with E-state index in [0.29, 0.717) is 18.9 Å². The van der Waals surface area contributed by atoms with Crippen LogP contribution in [0, 0.1) is 6.92 Å². The molecule has 0 spiro atoms. The first-order valence-corrected chi connectivity index (χ1v) is 7.16. The molecule has 1 aromatic heterocycles. The van der Waals surface area contributed by atoms with Crippen LogP contribution in [0.5, 0.6) is 0 Å². The van der Waals surface area contributed by atoms with E-state index in [1.165, 1.54) is 0 Å². The van der Waals surface area contributed by atoms with Gasteiger partial charge in [-0.3, -0.25) is 4.79 Å². The van der Waals surface area contributed by atoms with Crippen molar-refractivity contribution < 1.29 is 4.79 Å². The van der Waals surface area contributed by atoms with Crippen molar-refractivity contribution in [3.8, 4) is 0 Å². The maximum atomic E-state index is 12.1. The highest BCUT2D eigenvalue weighted by Gasteiger charge is 2.18. The molecule has 5 nitrogen and oxygen atoms in total. The molecule has 0 bridgehead atoms. The number of nitrogen functional groups attached to an aromatic ring is 1. The van der Waals surface area contributed by atoms with Crippen molar-refractivity contribution in [1.82, 2.24) is 14.5 Å². The van der Waals surface area contributed by atoms with Crippen molar-refractivity contribution >= 4 is 22.9 Å². The van der Waals surface area contributed by atoms with Crippen molar-refractivity contribution in [2.24, 2.45) is 0 Å². The van der Waals surface area contributed by atoms with E-state index >= 15 is 0 Å². The van der Waals surface area contributed by atoms with Crippen LogP contribution in [0.4, 0.5) is 5.95 Å². The number of anilines is 1. The first-order chi connectivity index (χ1) is 9.66. The largest absolute Gasteiger partial charge is 0.369 e. The number of likely N-dealkylation sites (tertiary alicyclic amines) is 1. The highest BCUT2D eigenvalue weighted by molar-refractivity contribution is 5.82. The number of aryl methyl sites for hydroxylation is 2. The first-order valence-electron chi connectivity index (χ1n) is 7.16. The Labute approximate surface area is 118 Å². The van der Waals surface area contributed by atoms with Crippen LogP contribution < -0.4 is 5.73 Å². The third kappa shape index (κ3) is 2.24. The molecule has 3 rings (SSSR count). The molecule has 0 radical (unpaired) electrons. The van der Waals surface area contributed by atoms with E-state index in [1.807, 2.05) is 34.6 Å². The number of benzene rings is 1. The van der Waals surface area contributed by atoms with E-state index in [4.69, 9.17) is 5.73 Å². The van der Waals surface area contributed by atoms with Crippen molar-refractivity contribution in [3.63, 3.8) is 0 Å². The van der Waals surface area contributed by atoms with Gasteiger partial charge in [-0.25, -0.2) is 4.98 Å². The molecule has 2 heterocycles. The summed E-state index contributed by atoms with van der Waals surface area (Å²) in [4.78, 5) is 18.4. The summed E-state index contributed by atoms with van der Waals surface area (Å²) in [5, 5.41) is 0. The molecule has 0 saturated carbocycles. The number of nitrogens with two attached hydrogens (primary N) is 1. The van der Waals surface area contributed by atoms with E-state index in [1.54, 1.807) is 0 Å². The monoisotopic (exact) mass is 272 g/mol. The second-order valence-corrected chi connectivity index (χ2v) is 5.40. The number of carbonyl (C=O) groups excluding carboxylic acids is 1. The van der Waals surface area contributed by atoms with Gasteiger partial charge in [0.25, 0.3) is 0 Å². The molecule has 0 aliphatic carbocycles. The van der Waals surface area contributed by atoms with Gasteiger partial charge >= 0.3 is 0 Å². The fourth-order valence-corrected chi connectivity index (χ4v) is 2.94. The van der Waals surface area contributed by atoms with E-state index < -0.39 is 0 Å². The molecular formula is C15H20N4O. The first kappa shape index (κ1) is 13.0. The third-order valence-corrected chi connectivity index (χ3v) is 4.01. The lowest BCUT2D eigenvalue weighted by Gasteiger charge is -2.16. The molecule has 1 aliphatic rings. The number of amides is 1. The Bertz CT molecular complexity index is 641. The van der Waals surface area contributed by atoms with E-state index in [9.17, 15) is 4.79 Å². The van der Waals surface area contributed by atoms with Gasteiger partial charge in [0.2, 0.25) is 11.9 Å². The van der Waals surface area contributed by atoms with Gasteiger partial charge in [0.1, 0.15) is 0 Å². The van der Waals surface area contributed by atoms with Crippen LogP contribution in [0.25, 0.3) is 11.0 Å². The van der Waals surface area contributed by atoms with Crippen LogP contribution in [0.15, 0.2) is 18.2 Å². The molecule has 1 saturated heterocycles. The van der Waals surface area contributed by atoms with Gasteiger partial charge in [0.05, 0.1) is 11.0 Å². The van der Waals surface area contributed by atoms with Crippen LogP contribution >= 0.6 is 0 Å². The fraction of sp³-hybridized carbons (Fsp3) is 0.467. The predicted octanol–water partition coefficient (Wildman–Crippen LogP) is 1.94. The molecule has 1 amide bonds. The van der Waals surface area contributed by atoms with Crippen LogP contribution in [0.1, 0.15) is 24.8 Å². The van der Waals surface area contributed by atoms with Crippen molar-refractivity contribution in [2.45, 2.75) is 32.7 Å². The molecule has 106 valence electrons. The number of carbonyl (C=O) groups is 1. The highest BCUT2D eigenvalue weighted by atomic mass is 16.2. The summed E-state index contributed by atoms with van der Waals surface area (Å²) in [7, 11) is 0. The van der Waals surface area contributed by atoms with Crippen LogP contribution in [0.2, 0.25) is 0 Å². The number of para-hydroxylation sites is 1. The second kappa shape index (κ2) is 5.15. The standard InChI is InChI=1S/C15H20N4O/c1-11-5-4-6-12-14(11)19(15(16)17-12)10-7-13(20)18-8-2-3-9-18/h4-6H,2-3,7-10H2,1H3,(H2,16,17). The average Bonchev–Trinajstić information content (AvgIpc) is 3.04. The third-order valence-electron chi connectivity index (χ3n) is 4.01. The summed E-state index contributed by atoms with van der Waals surface area (Å²) in [6, 6.07) is 5.98. The minimum absolute atomic E-state index is 0.220. The summed E-state index contributed by atoms with van der Waals surface area (Å²) in [5.74, 6) is 0.709. The lowest BCUT2D eigenvalue weighted by Crippen LogP contribution is -2.28. The quantitative estimate of drug-likeness (QED) is 0.928. The Hall–Kier alpha value is -2.04. The zero-order valence-electron chi connectivity index (χ0n) is 11.8. The number of imidazole rings is 1. The highest BCUT2D eigenvalue weighted by Crippen LogP contribution is 2.22. The normalized spacial score (nSPS) is 15.2. The lowest BCUT2D eigenvalue weighted by molar-refractivity contribution is -0.130. The van der Waals surface area contributed by atoms with Gasteiger partial charge in [-0.2, -0.15) is 0 Å². The Morgan fingerprint density at radius 3 is 2.85 bits per heavy atom. The molecule has 1 aliphatic heterocycles. The number of fused-ring (bicyclic) bond motifs is 1. The SMILES string of the molecule is Cc1cccc2nc(N)n(CCC(=O)N3CCCC3)c12. The molecule has 0 unspecified atom stereocenters. The minimum Gasteiger partial charge on any atom is -0.369 e. The zero-order chi connectivity index (χ0) is 14.1. The summed E-state index contributed by atoms with van der Waals surface area (Å²) in [6.07, 6.45) is 2.74. The molecule has 20 heavy (non-hydrogen) atoms. The fourth-order valence-electron chi connectivity index (χ4n) is 2.94. The second-order valence-electron chi connectivity index (χ2n) is 5.40. The summed E-state index contributed by atoms with van der Waals surface area (Å²) in [5.41, 5.74) is 9.07. The van der Waals surface area contributed by atoms with Crippen LogP contribution in [0.3, 0.4) is 0 Å². The molecular weight excluding hydrogens is 252 g/mol. The number of aromatic nitrogens is 2.